The molecule has 4 nitrogen and oxygen atoms in total. The smallest absolute Gasteiger partial charge is 0.321 e. The molecule has 1 amide bonds. The van der Waals surface area contributed by atoms with Gasteiger partial charge in [0.15, 0.2) is 5.69 Å². The number of nitrogens with zero attached hydrogens (tertiary/aromatic N) is 2. The first kappa shape index (κ1) is 22.0. The summed E-state index contributed by atoms with van der Waals surface area (Å²) in [6.07, 6.45) is -8.94. The molecule has 3 aromatic rings. The molecule has 0 radical (unpaired) electrons. The highest BCUT2D eigenvalue weighted by atomic mass is 35.5. The molecule has 1 aromatic heterocycles. The molecule has 158 valence electrons. The predicted octanol–water partition coefficient (Wildman–Crippen LogP) is 6.47. The van der Waals surface area contributed by atoms with E-state index in [1.54, 1.807) is 0 Å². The van der Waals surface area contributed by atoms with E-state index in [0.29, 0.717) is 23.0 Å². The van der Waals surface area contributed by atoms with Crippen molar-refractivity contribution in [1.29, 1.82) is 0 Å². The average molecular weight is 468 g/mol. The van der Waals surface area contributed by atoms with Crippen molar-refractivity contribution >= 4 is 34.8 Å². The summed E-state index contributed by atoms with van der Waals surface area (Å²) < 4.78 is 79.6. The summed E-state index contributed by atoms with van der Waals surface area (Å²) in [4.78, 5) is 12.4. The number of alkyl halides is 6. The second kappa shape index (κ2) is 7.84. The molecular weight excluding hydrogens is 459 g/mol. The minimum atomic E-state index is -4.97. The lowest BCUT2D eigenvalue weighted by Crippen LogP contribution is -2.21. The van der Waals surface area contributed by atoms with Gasteiger partial charge in [-0.05, 0) is 42.5 Å². The first-order valence-corrected chi connectivity index (χ1v) is 8.73. The average Bonchev–Trinajstić information content (AvgIpc) is 3.09. The molecule has 0 aliphatic rings. The number of nitrogens with one attached hydrogen (secondary N) is 1. The largest absolute Gasteiger partial charge is 0.434 e. The number of halogens is 8. The van der Waals surface area contributed by atoms with Crippen molar-refractivity contribution in [1.82, 2.24) is 9.78 Å². The number of benzene rings is 2. The summed E-state index contributed by atoms with van der Waals surface area (Å²) in [5, 5.41) is 5.50. The van der Waals surface area contributed by atoms with Crippen molar-refractivity contribution in [3.8, 4) is 5.69 Å². The lowest BCUT2D eigenvalue weighted by molar-refractivity contribution is -0.143. The highest BCUT2D eigenvalue weighted by Crippen LogP contribution is 2.36. The Morgan fingerprint density at radius 1 is 0.933 bits per heavy atom. The van der Waals surface area contributed by atoms with Crippen LogP contribution in [0.25, 0.3) is 5.69 Å². The minimum absolute atomic E-state index is 0.00154. The summed E-state index contributed by atoms with van der Waals surface area (Å²) in [6, 6.07) is 7.29. The maximum atomic E-state index is 13.7. The molecule has 0 fully saturated rings. The van der Waals surface area contributed by atoms with E-state index < -0.39 is 40.1 Å². The van der Waals surface area contributed by atoms with Crippen molar-refractivity contribution in [3.63, 3.8) is 0 Å². The molecule has 30 heavy (non-hydrogen) atoms. The van der Waals surface area contributed by atoms with Gasteiger partial charge in [0, 0.05) is 5.02 Å². The normalized spacial score (nSPS) is 12.1. The molecule has 3 rings (SSSR count). The first-order valence-electron chi connectivity index (χ1n) is 7.97. The van der Waals surface area contributed by atoms with E-state index >= 15 is 0 Å². The van der Waals surface area contributed by atoms with Crippen molar-refractivity contribution in [2.45, 2.75) is 12.4 Å². The number of amides is 1. The quantitative estimate of drug-likeness (QED) is 0.448. The molecule has 12 heteroatoms. The Morgan fingerprint density at radius 2 is 1.57 bits per heavy atom. The van der Waals surface area contributed by atoms with Crippen LogP contribution in [0.2, 0.25) is 10.0 Å². The van der Waals surface area contributed by atoms with Crippen LogP contribution in [-0.4, -0.2) is 15.7 Å². The van der Waals surface area contributed by atoms with E-state index in [4.69, 9.17) is 23.2 Å². The van der Waals surface area contributed by atoms with Crippen LogP contribution in [0.4, 0.5) is 32.0 Å². The van der Waals surface area contributed by atoms with Crippen LogP contribution in [0.5, 0.6) is 0 Å². The van der Waals surface area contributed by atoms with Crippen molar-refractivity contribution in [3.05, 3.63) is 75.5 Å². The zero-order valence-electron chi connectivity index (χ0n) is 14.4. The van der Waals surface area contributed by atoms with Gasteiger partial charge < -0.3 is 5.32 Å². The summed E-state index contributed by atoms with van der Waals surface area (Å²) in [6.45, 7) is 0. The summed E-state index contributed by atoms with van der Waals surface area (Å²) in [7, 11) is 0. The van der Waals surface area contributed by atoms with E-state index in [-0.39, 0.29) is 16.4 Å². The molecule has 2 aromatic carbocycles. The van der Waals surface area contributed by atoms with Crippen LogP contribution in [0.3, 0.4) is 0 Å². The second-order valence-electron chi connectivity index (χ2n) is 5.94. The molecule has 1 N–H and O–H groups in total. The van der Waals surface area contributed by atoms with E-state index in [2.05, 4.69) is 10.4 Å². The molecule has 0 aliphatic heterocycles. The van der Waals surface area contributed by atoms with Crippen LogP contribution < -0.4 is 5.32 Å². The third-order valence-corrected chi connectivity index (χ3v) is 4.46. The Labute approximate surface area is 175 Å². The van der Waals surface area contributed by atoms with Crippen molar-refractivity contribution in [2.24, 2.45) is 0 Å². The Bertz CT molecular complexity index is 1090. The number of carbonyl (C=O) groups excluding carboxylic acids is 1. The minimum Gasteiger partial charge on any atom is -0.321 e. The SMILES string of the molecule is O=C(Nc1ccc(C(F)(F)F)cc1Cl)c1cnn(-c2ccc(Cl)cc2)c1C(F)(F)F. The molecule has 0 saturated carbocycles. The Balaban J connectivity index is 1.98. The number of hydrogen-bond donors (Lipinski definition) is 1. The van der Waals surface area contributed by atoms with Gasteiger partial charge in [-0.2, -0.15) is 31.4 Å². The van der Waals surface area contributed by atoms with Gasteiger partial charge in [0.05, 0.1) is 33.7 Å². The van der Waals surface area contributed by atoms with E-state index in [0.717, 1.165) is 6.07 Å². The molecule has 0 unspecified atom stereocenters. The van der Waals surface area contributed by atoms with Crippen LogP contribution in [-0.2, 0) is 12.4 Å². The third-order valence-electron chi connectivity index (χ3n) is 3.90. The van der Waals surface area contributed by atoms with Gasteiger partial charge in [0.2, 0.25) is 0 Å². The van der Waals surface area contributed by atoms with Crippen molar-refractivity contribution < 1.29 is 31.1 Å². The van der Waals surface area contributed by atoms with E-state index in [9.17, 15) is 31.1 Å². The zero-order chi connectivity index (χ0) is 22.3. The summed E-state index contributed by atoms with van der Waals surface area (Å²) in [5.41, 5.74) is -3.57. The van der Waals surface area contributed by atoms with Crippen LogP contribution in [0, 0.1) is 0 Å². The molecule has 0 atom stereocenters. The van der Waals surface area contributed by atoms with Gasteiger partial charge in [0.25, 0.3) is 5.91 Å². The number of hydrogen-bond acceptors (Lipinski definition) is 2. The maximum Gasteiger partial charge on any atom is 0.434 e. The lowest BCUT2D eigenvalue weighted by atomic mass is 10.1. The van der Waals surface area contributed by atoms with Gasteiger partial charge in [0.1, 0.15) is 0 Å². The Morgan fingerprint density at radius 3 is 2.10 bits per heavy atom. The maximum absolute atomic E-state index is 13.7. The van der Waals surface area contributed by atoms with Gasteiger partial charge in [-0.3, -0.25) is 4.79 Å². The second-order valence-corrected chi connectivity index (χ2v) is 6.78. The zero-order valence-corrected chi connectivity index (χ0v) is 16.0. The fourth-order valence-electron chi connectivity index (χ4n) is 2.55. The van der Waals surface area contributed by atoms with Crippen molar-refractivity contribution in [2.75, 3.05) is 5.32 Å². The molecule has 0 saturated heterocycles. The van der Waals surface area contributed by atoms with Gasteiger partial charge in [-0.15, -0.1) is 0 Å². The fourth-order valence-corrected chi connectivity index (χ4v) is 2.90. The van der Waals surface area contributed by atoms with Crippen LogP contribution >= 0.6 is 23.2 Å². The lowest BCUT2D eigenvalue weighted by Gasteiger charge is -2.14. The molecule has 1 heterocycles. The summed E-state index contributed by atoms with van der Waals surface area (Å²) in [5.74, 6) is -1.25. The first-order chi connectivity index (χ1) is 13.9. The predicted molar refractivity (Wildman–Crippen MR) is 98.0 cm³/mol. The van der Waals surface area contributed by atoms with Crippen LogP contribution in [0.15, 0.2) is 48.7 Å². The Kier molecular flexibility index (Phi) is 5.74. The molecular formula is C18H9Cl2F6N3O. The summed E-state index contributed by atoms with van der Waals surface area (Å²) >= 11 is 11.5. The molecule has 0 aliphatic carbocycles. The fraction of sp³-hybridized carbons (Fsp3) is 0.111. The number of anilines is 1. The third kappa shape index (κ3) is 4.54. The molecule has 0 spiro atoms. The molecule has 0 bridgehead atoms. The van der Waals surface area contributed by atoms with Crippen LogP contribution in [0.1, 0.15) is 21.6 Å². The van der Waals surface area contributed by atoms with Gasteiger partial charge >= 0.3 is 12.4 Å². The Hall–Kier alpha value is -2.72. The highest BCUT2D eigenvalue weighted by molar-refractivity contribution is 6.34. The highest BCUT2D eigenvalue weighted by Gasteiger charge is 2.40. The van der Waals surface area contributed by atoms with Gasteiger partial charge in [-0.1, -0.05) is 23.2 Å². The number of rotatable bonds is 3. The standard InChI is InChI=1S/C18H9Cl2F6N3O/c19-10-2-4-11(5-3-10)29-15(18(24,25)26)12(8-27-29)16(30)28-14-6-1-9(7-13(14)20)17(21,22)23/h1-8H,(H,28,30). The topological polar surface area (TPSA) is 46.9 Å². The van der Waals surface area contributed by atoms with Gasteiger partial charge in [-0.25, -0.2) is 4.68 Å². The van der Waals surface area contributed by atoms with E-state index in [1.807, 2.05) is 0 Å². The number of carbonyl (C=O) groups is 1. The van der Waals surface area contributed by atoms with E-state index in [1.165, 1.54) is 24.3 Å². The monoisotopic (exact) mass is 467 g/mol. The number of aromatic nitrogens is 2.